The van der Waals surface area contributed by atoms with E-state index in [0.29, 0.717) is 21.3 Å². The molecule has 0 saturated heterocycles. The summed E-state index contributed by atoms with van der Waals surface area (Å²) in [6.07, 6.45) is 1.49. The van der Waals surface area contributed by atoms with Crippen LogP contribution in [0.15, 0.2) is 35.3 Å². The number of aryl methyl sites for hydroxylation is 1. The Hall–Kier alpha value is -1.78. The molecule has 2 aromatic rings. The number of hydrogen-bond donors (Lipinski definition) is 2. The van der Waals surface area contributed by atoms with E-state index >= 15 is 0 Å². The van der Waals surface area contributed by atoms with E-state index in [4.69, 9.17) is 23.2 Å². The molecule has 1 amide bonds. The number of amides is 1. The van der Waals surface area contributed by atoms with Crippen molar-refractivity contribution in [2.75, 3.05) is 5.32 Å². The van der Waals surface area contributed by atoms with Crippen molar-refractivity contribution in [3.63, 3.8) is 0 Å². The molecule has 1 aromatic heterocycles. The third-order valence-electron chi connectivity index (χ3n) is 2.52. The van der Waals surface area contributed by atoms with E-state index in [0.717, 1.165) is 0 Å². The zero-order valence-electron chi connectivity index (χ0n) is 9.96. The van der Waals surface area contributed by atoms with Crippen LogP contribution in [0.3, 0.4) is 0 Å². The van der Waals surface area contributed by atoms with Crippen molar-refractivity contribution in [3.05, 3.63) is 62.0 Å². The lowest BCUT2D eigenvalue weighted by atomic mass is 10.1. The number of benzene rings is 1. The molecule has 6 heteroatoms. The Morgan fingerprint density at radius 3 is 2.42 bits per heavy atom. The Morgan fingerprint density at radius 2 is 1.84 bits per heavy atom. The average Bonchev–Trinajstić information content (AvgIpc) is 2.26. The molecule has 4 nitrogen and oxygen atoms in total. The summed E-state index contributed by atoms with van der Waals surface area (Å²) in [5, 5.41) is 3.40. The predicted octanol–water partition coefficient (Wildman–Crippen LogP) is 3.24. The van der Waals surface area contributed by atoms with E-state index in [1.54, 1.807) is 31.2 Å². The molecule has 0 saturated carbocycles. The number of halogens is 2. The summed E-state index contributed by atoms with van der Waals surface area (Å²) in [4.78, 5) is 26.2. The SMILES string of the molecule is Cc1cc[nH]c(=O)c1C(=O)Nc1cc(Cl)cc(Cl)c1. The Balaban J connectivity index is 2.33. The molecule has 0 radical (unpaired) electrons. The van der Waals surface area contributed by atoms with E-state index in [1.165, 1.54) is 6.20 Å². The number of H-pyrrole nitrogens is 1. The van der Waals surface area contributed by atoms with Crippen LogP contribution in [0.25, 0.3) is 0 Å². The van der Waals surface area contributed by atoms with E-state index in [1.807, 2.05) is 0 Å². The van der Waals surface area contributed by atoms with Gasteiger partial charge in [-0.2, -0.15) is 0 Å². The number of carbonyl (C=O) groups is 1. The van der Waals surface area contributed by atoms with Crippen LogP contribution in [-0.2, 0) is 0 Å². The first kappa shape index (κ1) is 13.6. The van der Waals surface area contributed by atoms with Gasteiger partial charge in [0.1, 0.15) is 5.56 Å². The third kappa shape index (κ3) is 3.16. The zero-order chi connectivity index (χ0) is 14.0. The van der Waals surface area contributed by atoms with E-state index < -0.39 is 11.5 Å². The zero-order valence-corrected chi connectivity index (χ0v) is 11.5. The monoisotopic (exact) mass is 296 g/mol. The Labute approximate surface area is 119 Å². The largest absolute Gasteiger partial charge is 0.328 e. The van der Waals surface area contributed by atoms with Crippen molar-refractivity contribution < 1.29 is 4.79 Å². The molecule has 0 fully saturated rings. The predicted molar refractivity (Wildman–Crippen MR) is 76.2 cm³/mol. The summed E-state index contributed by atoms with van der Waals surface area (Å²) < 4.78 is 0. The van der Waals surface area contributed by atoms with Gasteiger partial charge in [-0.15, -0.1) is 0 Å². The van der Waals surface area contributed by atoms with Crippen molar-refractivity contribution in [2.24, 2.45) is 0 Å². The van der Waals surface area contributed by atoms with Crippen LogP contribution < -0.4 is 10.9 Å². The van der Waals surface area contributed by atoms with Gasteiger partial charge >= 0.3 is 0 Å². The second-order valence-electron chi connectivity index (χ2n) is 3.98. The van der Waals surface area contributed by atoms with Gasteiger partial charge in [0.15, 0.2) is 0 Å². The Morgan fingerprint density at radius 1 is 1.21 bits per heavy atom. The first-order chi connectivity index (χ1) is 8.97. The maximum absolute atomic E-state index is 12.1. The highest BCUT2D eigenvalue weighted by atomic mass is 35.5. The van der Waals surface area contributed by atoms with E-state index in [-0.39, 0.29) is 5.56 Å². The molecule has 98 valence electrons. The number of carbonyl (C=O) groups excluding carboxylic acids is 1. The van der Waals surface area contributed by atoms with Gasteiger partial charge in [0.05, 0.1) is 0 Å². The fourth-order valence-electron chi connectivity index (χ4n) is 1.68. The lowest BCUT2D eigenvalue weighted by Gasteiger charge is -2.07. The number of aromatic nitrogens is 1. The molecule has 0 aliphatic carbocycles. The normalized spacial score (nSPS) is 10.3. The molecule has 0 unspecified atom stereocenters. The summed E-state index contributed by atoms with van der Waals surface area (Å²) in [6.45, 7) is 1.69. The number of pyridine rings is 1. The molecular weight excluding hydrogens is 287 g/mol. The molecule has 0 aliphatic rings. The van der Waals surface area contributed by atoms with Crippen molar-refractivity contribution in [1.82, 2.24) is 4.98 Å². The lowest BCUT2D eigenvalue weighted by molar-refractivity contribution is 0.102. The van der Waals surface area contributed by atoms with E-state index in [2.05, 4.69) is 10.3 Å². The standard InChI is InChI=1S/C13H10Cl2N2O2/c1-7-2-3-16-12(18)11(7)13(19)17-10-5-8(14)4-9(15)6-10/h2-6H,1H3,(H,16,18)(H,17,19). The van der Waals surface area contributed by atoms with Crippen LogP contribution in [0.2, 0.25) is 10.0 Å². The van der Waals surface area contributed by atoms with Gasteiger partial charge in [-0.05, 0) is 36.8 Å². The summed E-state index contributed by atoms with van der Waals surface area (Å²) in [7, 11) is 0. The molecule has 2 N–H and O–H groups in total. The number of rotatable bonds is 2. The maximum Gasteiger partial charge on any atom is 0.261 e. The van der Waals surface area contributed by atoms with Crippen molar-refractivity contribution >= 4 is 34.8 Å². The summed E-state index contributed by atoms with van der Waals surface area (Å²) in [6, 6.07) is 6.32. The summed E-state index contributed by atoms with van der Waals surface area (Å²) in [5.41, 5.74) is 0.656. The second kappa shape index (κ2) is 5.47. The van der Waals surface area contributed by atoms with Gasteiger partial charge in [0.25, 0.3) is 11.5 Å². The molecule has 1 heterocycles. The topological polar surface area (TPSA) is 62.0 Å². The minimum absolute atomic E-state index is 0.0681. The van der Waals surface area contributed by atoms with Gasteiger partial charge in [0, 0.05) is 21.9 Å². The van der Waals surface area contributed by atoms with Gasteiger partial charge in [0.2, 0.25) is 0 Å². The summed E-state index contributed by atoms with van der Waals surface area (Å²) >= 11 is 11.7. The molecular formula is C13H10Cl2N2O2. The van der Waals surface area contributed by atoms with Gasteiger partial charge in [-0.3, -0.25) is 9.59 Å². The van der Waals surface area contributed by atoms with Crippen LogP contribution >= 0.6 is 23.2 Å². The van der Waals surface area contributed by atoms with Crippen molar-refractivity contribution in [1.29, 1.82) is 0 Å². The van der Waals surface area contributed by atoms with Gasteiger partial charge < -0.3 is 10.3 Å². The number of nitrogens with one attached hydrogen (secondary N) is 2. The highest BCUT2D eigenvalue weighted by Gasteiger charge is 2.13. The highest BCUT2D eigenvalue weighted by Crippen LogP contribution is 2.22. The van der Waals surface area contributed by atoms with Gasteiger partial charge in [-0.1, -0.05) is 23.2 Å². The Bertz CT molecular complexity index is 675. The molecule has 0 atom stereocenters. The van der Waals surface area contributed by atoms with Crippen LogP contribution in [-0.4, -0.2) is 10.9 Å². The van der Waals surface area contributed by atoms with Crippen LogP contribution in [0.5, 0.6) is 0 Å². The van der Waals surface area contributed by atoms with Crippen LogP contribution in [0.1, 0.15) is 15.9 Å². The highest BCUT2D eigenvalue weighted by molar-refractivity contribution is 6.35. The van der Waals surface area contributed by atoms with Crippen LogP contribution in [0.4, 0.5) is 5.69 Å². The first-order valence-corrected chi connectivity index (χ1v) is 6.18. The maximum atomic E-state index is 12.1. The second-order valence-corrected chi connectivity index (χ2v) is 4.85. The third-order valence-corrected chi connectivity index (χ3v) is 2.95. The smallest absolute Gasteiger partial charge is 0.261 e. The van der Waals surface area contributed by atoms with Gasteiger partial charge in [-0.25, -0.2) is 0 Å². The lowest BCUT2D eigenvalue weighted by Crippen LogP contribution is -2.24. The van der Waals surface area contributed by atoms with Crippen LogP contribution in [0, 0.1) is 6.92 Å². The number of anilines is 1. The number of aromatic amines is 1. The minimum Gasteiger partial charge on any atom is -0.328 e. The fourth-order valence-corrected chi connectivity index (χ4v) is 2.20. The molecule has 0 bridgehead atoms. The molecule has 19 heavy (non-hydrogen) atoms. The first-order valence-electron chi connectivity index (χ1n) is 5.43. The average molecular weight is 297 g/mol. The Kier molecular flexibility index (Phi) is 3.93. The fraction of sp³-hybridized carbons (Fsp3) is 0.0769. The number of hydrogen-bond acceptors (Lipinski definition) is 2. The quantitative estimate of drug-likeness (QED) is 0.894. The van der Waals surface area contributed by atoms with E-state index in [9.17, 15) is 9.59 Å². The molecule has 2 rings (SSSR count). The summed E-state index contributed by atoms with van der Waals surface area (Å²) in [5.74, 6) is -0.502. The molecule has 1 aromatic carbocycles. The van der Waals surface area contributed by atoms with Crippen molar-refractivity contribution in [3.8, 4) is 0 Å². The molecule has 0 aliphatic heterocycles. The van der Waals surface area contributed by atoms with Crippen molar-refractivity contribution in [2.45, 2.75) is 6.92 Å². The minimum atomic E-state index is -0.502. The molecule has 0 spiro atoms.